The Kier molecular flexibility index (Phi) is 3.52. The quantitative estimate of drug-likeness (QED) is 0.818. The molecule has 0 amide bonds. The van der Waals surface area contributed by atoms with E-state index in [0.29, 0.717) is 24.6 Å². The molecule has 1 aromatic heterocycles. The van der Waals surface area contributed by atoms with Gasteiger partial charge >= 0.3 is 5.97 Å². The maximum atomic E-state index is 11.0. The number of nitrogens with zero attached hydrogens (tertiary/aromatic N) is 4. The lowest BCUT2D eigenvalue weighted by molar-refractivity contribution is 0.0696. The summed E-state index contributed by atoms with van der Waals surface area (Å²) < 4.78 is 1.60. The largest absolute Gasteiger partial charge is 0.478 e. The van der Waals surface area contributed by atoms with Gasteiger partial charge in [0, 0.05) is 13.1 Å². The zero-order valence-corrected chi connectivity index (χ0v) is 9.87. The number of carbonyl (C=O) groups is 1. The normalized spacial score (nSPS) is 10.3. The lowest BCUT2D eigenvalue weighted by Crippen LogP contribution is -2.10. The number of carboxylic acid groups (broad SMARTS) is 1. The Morgan fingerprint density at radius 1 is 1.44 bits per heavy atom. The molecule has 2 aromatic rings. The molecule has 94 valence electrons. The van der Waals surface area contributed by atoms with E-state index in [-0.39, 0.29) is 5.56 Å². The van der Waals surface area contributed by atoms with Crippen molar-refractivity contribution in [1.29, 1.82) is 0 Å². The average molecular weight is 247 g/mol. The maximum absolute atomic E-state index is 11.0. The van der Waals surface area contributed by atoms with E-state index in [9.17, 15) is 4.79 Å². The SMILES string of the molecule is CCn1nnnc1NCc1ccccc1C(=O)O. The Bertz CT molecular complexity index is 552. The molecule has 7 nitrogen and oxygen atoms in total. The summed E-state index contributed by atoms with van der Waals surface area (Å²) in [6.45, 7) is 2.94. The molecule has 7 heteroatoms. The van der Waals surface area contributed by atoms with Crippen LogP contribution in [0.15, 0.2) is 24.3 Å². The third kappa shape index (κ3) is 2.45. The molecule has 0 aliphatic heterocycles. The van der Waals surface area contributed by atoms with E-state index in [1.165, 1.54) is 0 Å². The molecule has 0 atom stereocenters. The number of hydrogen-bond donors (Lipinski definition) is 2. The molecular formula is C11H13N5O2. The fourth-order valence-electron chi connectivity index (χ4n) is 1.60. The molecule has 0 fully saturated rings. The van der Waals surface area contributed by atoms with Gasteiger partial charge in [0.15, 0.2) is 0 Å². The number of aryl methyl sites for hydroxylation is 1. The highest BCUT2D eigenvalue weighted by Gasteiger charge is 2.10. The van der Waals surface area contributed by atoms with E-state index in [0.717, 1.165) is 0 Å². The summed E-state index contributed by atoms with van der Waals surface area (Å²) in [5, 5.41) is 23.2. The average Bonchev–Trinajstić information content (AvgIpc) is 2.84. The molecule has 1 aromatic carbocycles. The van der Waals surface area contributed by atoms with Crippen molar-refractivity contribution in [3.8, 4) is 0 Å². The topological polar surface area (TPSA) is 92.9 Å². The molecule has 0 unspecified atom stereocenters. The van der Waals surface area contributed by atoms with E-state index < -0.39 is 5.97 Å². The van der Waals surface area contributed by atoms with Crippen molar-refractivity contribution in [2.75, 3.05) is 5.32 Å². The summed E-state index contributed by atoms with van der Waals surface area (Å²) in [5.74, 6) is -0.417. The van der Waals surface area contributed by atoms with Crippen molar-refractivity contribution < 1.29 is 9.90 Å². The molecule has 0 bridgehead atoms. The summed E-state index contributed by atoms with van der Waals surface area (Å²) in [6, 6.07) is 6.83. The standard InChI is InChI=1S/C11H13N5O2/c1-2-16-11(13-14-15-16)12-7-8-5-3-4-6-9(8)10(17)18/h3-6H,2,7H2,1H3,(H,17,18)(H,12,13,15). The molecule has 18 heavy (non-hydrogen) atoms. The number of aromatic carboxylic acids is 1. The van der Waals surface area contributed by atoms with Crippen molar-refractivity contribution >= 4 is 11.9 Å². The van der Waals surface area contributed by atoms with E-state index >= 15 is 0 Å². The fourth-order valence-corrected chi connectivity index (χ4v) is 1.60. The smallest absolute Gasteiger partial charge is 0.336 e. The van der Waals surface area contributed by atoms with Crippen molar-refractivity contribution in [3.05, 3.63) is 35.4 Å². The number of benzene rings is 1. The lowest BCUT2D eigenvalue weighted by Gasteiger charge is -2.07. The highest BCUT2D eigenvalue weighted by molar-refractivity contribution is 5.89. The number of tetrazole rings is 1. The van der Waals surface area contributed by atoms with Crippen LogP contribution in [-0.2, 0) is 13.1 Å². The summed E-state index contributed by atoms with van der Waals surface area (Å²) in [7, 11) is 0. The van der Waals surface area contributed by atoms with Crippen LogP contribution in [0, 0.1) is 0 Å². The van der Waals surface area contributed by atoms with E-state index in [2.05, 4.69) is 20.8 Å². The van der Waals surface area contributed by atoms with Gasteiger partial charge in [-0.25, -0.2) is 9.48 Å². The van der Waals surface area contributed by atoms with Gasteiger partial charge in [-0.2, -0.15) is 0 Å². The molecule has 0 aliphatic rings. The molecule has 2 N–H and O–H groups in total. The van der Waals surface area contributed by atoms with Crippen molar-refractivity contribution in [3.63, 3.8) is 0 Å². The van der Waals surface area contributed by atoms with Gasteiger partial charge in [-0.15, -0.1) is 0 Å². The number of anilines is 1. The van der Waals surface area contributed by atoms with Crippen LogP contribution in [0.2, 0.25) is 0 Å². The minimum Gasteiger partial charge on any atom is -0.478 e. The summed E-state index contributed by atoms with van der Waals surface area (Å²) >= 11 is 0. The van der Waals surface area contributed by atoms with Gasteiger partial charge in [-0.05, 0) is 29.0 Å². The van der Waals surface area contributed by atoms with Gasteiger partial charge in [0.05, 0.1) is 5.56 Å². The van der Waals surface area contributed by atoms with E-state index in [1.807, 2.05) is 6.92 Å². The lowest BCUT2D eigenvalue weighted by atomic mass is 10.1. The van der Waals surface area contributed by atoms with Gasteiger partial charge in [0.1, 0.15) is 0 Å². The van der Waals surface area contributed by atoms with Crippen LogP contribution in [0.5, 0.6) is 0 Å². The third-order valence-electron chi connectivity index (χ3n) is 2.52. The van der Waals surface area contributed by atoms with Crippen molar-refractivity contribution in [2.45, 2.75) is 20.0 Å². The van der Waals surface area contributed by atoms with Crippen LogP contribution >= 0.6 is 0 Å². The Morgan fingerprint density at radius 3 is 2.94 bits per heavy atom. The molecule has 2 rings (SSSR count). The summed E-state index contributed by atoms with van der Waals surface area (Å²) in [5.41, 5.74) is 0.969. The molecule has 1 heterocycles. The van der Waals surface area contributed by atoms with Gasteiger partial charge < -0.3 is 10.4 Å². The maximum Gasteiger partial charge on any atom is 0.336 e. The van der Waals surface area contributed by atoms with Crippen LogP contribution in [-0.4, -0.2) is 31.3 Å². The Hall–Kier alpha value is -2.44. The predicted molar refractivity (Wildman–Crippen MR) is 64.2 cm³/mol. The number of rotatable bonds is 5. The molecule has 0 aliphatic carbocycles. The second-order valence-corrected chi connectivity index (χ2v) is 3.63. The molecule has 0 saturated carbocycles. The molecule has 0 saturated heterocycles. The zero-order chi connectivity index (χ0) is 13.0. The molecule has 0 spiro atoms. The van der Waals surface area contributed by atoms with Crippen LogP contribution in [0.1, 0.15) is 22.8 Å². The molecular weight excluding hydrogens is 234 g/mol. The third-order valence-corrected chi connectivity index (χ3v) is 2.52. The van der Waals surface area contributed by atoms with Crippen LogP contribution in [0.4, 0.5) is 5.95 Å². The first-order valence-corrected chi connectivity index (χ1v) is 5.53. The highest BCUT2D eigenvalue weighted by atomic mass is 16.4. The number of hydrogen-bond acceptors (Lipinski definition) is 5. The second-order valence-electron chi connectivity index (χ2n) is 3.63. The second kappa shape index (κ2) is 5.26. The number of carboxylic acids is 1. The monoisotopic (exact) mass is 247 g/mol. The van der Waals surface area contributed by atoms with Gasteiger partial charge in [-0.1, -0.05) is 23.3 Å². The number of aromatic nitrogens is 4. The van der Waals surface area contributed by atoms with Gasteiger partial charge in [0.25, 0.3) is 0 Å². The zero-order valence-electron chi connectivity index (χ0n) is 9.87. The van der Waals surface area contributed by atoms with Crippen LogP contribution in [0.25, 0.3) is 0 Å². The van der Waals surface area contributed by atoms with Gasteiger partial charge in [-0.3, -0.25) is 0 Å². The highest BCUT2D eigenvalue weighted by Crippen LogP contribution is 2.10. The van der Waals surface area contributed by atoms with Crippen molar-refractivity contribution in [2.24, 2.45) is 0 Å². The van der Waals surface area contributed by atoms with Crippen LogP contribution in [0.3, 0.4) is 0 Å². The number of nitrogens with one attached hydrogen (secondary N) is 1. The summed E-state index contributed by atoms with van der Waals surface area (Å²) in [6.07, 6.45) is 0. The Balaban J connectivity index is 2.13. The first-order chi connectivity index (χ1) is 8.72. The first kappa shape index (κ1) is 12.0. The van der Waals surface area contributed by atoms with Gasteiger partial charge in [0.2, 0.25) is 5.95 Å². The minimum absolute atomic E-state index is 0.278. The fraction of sp³-hybridized carbons (Fsp3) is 0.273. The van der Waals surface area contributed by atoms with E-state index in [4.69, 9.17) is 5.11 Å². The summed E-state index contributed by atoms with van der Waals surface area (Å²) in [4.78, 5) is 11.0. The van der Waals surface area contributed by atoms with E-state index in [1.54, 1.807) is 28.9 Å². The Labute approximate surface area is 103 Å². The Morgan fingerprint density at radius 2 is 2.22 bits per heavy atom. The predicted octanol–water partition coefficient (Wildman–Crippen LogP) is 1.00. The van der Waals surface area contributed by atoms with Crippen molar-refractivity contribution in [1.82, 2.24) is 20.2 Å². The first-order valence-electron chi connectivity index (χ1n) is 5.53. The van der Waals surface area contributed by atoms with Crippen LogP contribution < -0.4 is 5.32 Å². The molecule has 0 radical (unpaired) electrons. The minimum atomic E-state index is -0.942.